The number of rotatable bonds is 8. The molecule has 0 aliphatic rings. The monoisotopic (exact) mass is 298 g/mol. The second kappa shape index (κ2) is 8.35. The van der Waals surface area contributed by atoms with E-state index in [1.807, 2.05) is 18.2 Å². The van der Waals surface area contributed by atoms with Crippen LogP contribution in [0.3, 0.4) is 0 Å². The lowest BCUT2D eigenvalue weighted by molar-refractivity contribution is 0.0978. The third kappa shape index (κ3) is 4.71. The molecule has 3 heteroatoms. The Morgan fingerprint density at radius 2 is 1.68 bits per heavy atom. The predicted molar refractivity (Wildman–Crippen MR) is 87.3 cm³/mol. The standard InChI is InChI=1S/C19H22O3/c1-2-3-9-17(20)14-22-18-12-10-16(11-13-18)19(21)15-7-5-4-6-8-15/h4-8,10-13,17,20H,2-3,9,14H2,1H3. The Bertz CT molecular complexity index is 575. The molecule has 0 heterocycles. The van der Waals surface area contributed by atoms with Crippen molar-refractivity contribution >= 4 is 5.78 Å². The van der Waals surface area contributed by atoms with Crippen LogP contribution in [0.2, 0.25) is 0 Å². The van der Waals surface area contributed by atoms with Gasteiger partial charge in [-0.3, -0.25) is 4.79 Å². The summed E-state index contributed by atoms with van der Waals surface area (Å²) in [5, 5.41) is 9.75. The zero-order valence-corrected chi connectivity index (χ0v) is 12.9. The molecule has 0 aliphatic heterocycles. The maximum absolute atomic E-state index is 12.3. The van der Waals surface area contributed by atoms with Crippen LogP contribution in [0.15, 0.2) is 54.6 Å². The van der Waals surface area contributed by atoms with Gasteiger partial charge < -0.3 is 9.84 Å². The third-order valence-electron chi connectivity index (χ3n) is 3.49. The van der Waals surface area contributed by atoms with Gasteiger partial charge in [-0.05, 0) is 30.7 Å². The lowest BCUT2D eigenvalue weighted by atomic mass is 10.0. The van der Waals surface area contributed by atoms with Crippen molar-refractivity contribution in [2.24, 2.45) is 0 Å². The predicted octanol–water partition coefficient (Wildman–Crippen LogP) is 3.85. The highest BCUT2D eigenvalue weighted by atomic mass is 16.5. The number of hydrogen-bond acceptors (Lipinski definition) is 3. The highest BCUT2D eigenvalue weighted by Crippen LogP contribution is 2.16. The summed E-state index contributed by atoms with van der Waals surface area (Å²) in [6, 6.07) is 16.2. The number of ketones is 1. The first-order valence-corrected chi connectivity index (χ1v) is 7.71. The molecule has 1 atom stereocenters. The topological polar surface area (TPSA) is 46.5 Å². The minimum absolute atomic E-state index is 0.00451. The quantitative estimate of drug-likeness (QED) is 0.753. The fraction of sp³-hybridized carbons (Fsp3) is 0.316. The van der Waals surface area contributed by atoms with Crippen LogP contribution in [-0.4, -0.2) is 23.6 Å². The SMILES string of the molecule is CCCCC(O)COc1ccc(C(=O)c2ccccc2)cc1. The Hall–Kier alpha value is -2.13. The molecule has 0 saturated carbocycles. The molecule has 0 spiro atoms. The third-order valence-corrected chi connectivity index (χ3v) is 3.49. The van der Waals surface area contributed by atoms with Crippen LogP contribution in [0.5, 0.6) is 5.75 Å². The maximum Gasteiger partial charge on any atom is 0.193 e. The van der Waals surface area contributed by atoms with Crippen molar-refractivity contribution in [2.45, 2.75) is 32.3 Å². The van der Waals surface area contributed by atoms with Crippen LogP contribution in [0.4, 0.5) is 0 Å². The molecule has 2 aromatic carbocycles. The van der Waals surface area contributed by atoms with Gasteiger partial charge in [0.2, 0.25) is 0 Å². The van der Waals surface area contributed by atoms with Gasteiger partial charge in [0.05, 0.1) is 6.10 Å². The zero-order valence-electron chi connectivity index (χ0n) is 12.9. The summed E-state index contributed by atoms with van der Waals surface area (Å²) >= 11 is 0. The normalized spacial score (nSPS) is 11.9. The van der Waals surface area contributed by atoms with Crippen LogP contribution in [0, 0.1) is 0 Å². The summed E-state index contributed by atoms with van der Waals surface area (Å²) in [6.07, 6.45) is 2.37. The van der Waals surface area contributed by atoms with Gasteiger partial charge in [-0.15, -0.1) is 0 Å². The molecule has 0 radical (unpaired) electrons. The summed E-state index contributed by atoms with van der Waals surface area (Å²) in [5.41, 5.74) is 1.30. The summed E-state index contributed by atoms with van der Waals surface area (Å²) in [5.74, 6) is 0.662. The molecule has 22 heavy (non-hydrogen) atoms. The van der Waals surface area contributed by atoms with Gasteiger partial charge in [-0.2, -0.15) is 0 Å². The second-order valence-electron chi connectivity index (χ2n) is 5.33. The number of carbonyl (C=O) groups excluding carboxylic acids is 1. The molecule has 0 aromatic heterocycles. The fourth-order valence-corrected chi connectivity index (χ4v) is 2.17. The van der Waals surface area contributed by atoms with Crippen molar-refractivity contribution in [3.8, 4) is 5.75 Å². The van der Waals surface area contributed by atoms with E-state index in [0.29, 0.717) is 16.9 Å². The van der Waals surface area contributed by atoms with E-state index in [4.69, 9.17) is 4.74 Å². The van der Waals surface area contributed by atoms with Crippen LogP contribution in [-0.2, 0) is 0 Å². The first-order valence-electron chi connectivity index (χ1n) is 7.71. The molecule has 0 saturated heterocycles. The summed E-state index contributed by atoms with van der Waals surface area (Å²) in [6.45, 7) is 2.38. The maximum atomic E-state index is 12.3. The Morgan fingerprint density at radius 1 is 1.05 bits per heavy atom. The van der Waals surface area contributed by atoms with Crippen LogP contribution in [0.25, 0.3) is 0 Å². The van der Waals surface area contributed by atoms with Gasteiger partial charge in [-0.25, -0.2) is 0 Å². The second-order valence-corrected chi connectivity index (χ2v) is 5.33. The van der Waals surface area contributed by atoms with Crippen molar-refractivity contribution in [3.63, 3.8) is 0 Å². The highest BCUT2D eigenvalue weighted by molar-refractivity contribution is 6.08. The lowest BCUT2D eigenvalue weighted by Gasteiger charge is -2.12. The number of aliphatic hydroxyl groups excluding tert-OH is 1. The van der Waals surface area contributed by atoms with Gasteiger partial charge in [0.1, 0.15) is 12.4 Å². The van der Waals surface area contributed by atoms with E-state index in [2.05, 4.69) is 6.92 Å². The average molecular weight is 298 g/mol. The molecular formula is C19H22O3. The molecule has 3 nitrogen and oxygen atoms in total. The largest absolute Gasteiger partial charge is 0.491 e. The van der Waals surface area contributed by atoms with Crippen molar-refractivity contribution in [1.29, 1.82) is 0 Å². The molecule has 1 unspecified atom stereocenters. The van der Waals surface area contributed by atoms with E-state index < -0.39 is 6.10 Å². The van der Waals surface area contributed by atoms with E-state index in [-0.39, 0.29) is 12.4 Å². The van der Waals surface area contributed by atoms with Gasteiger partial charge in [0.25, 0.3) is 0 Å². The minimum Gasteiger partial charge on any atom is -0.491 e. The van der Waals surface area contributed by atoms with Crippen molar-refractivity contribution in [3.05, 3.63) is 65.7 Å². The summed E-state index contributed by atoms with van der Waals surface area (Å²) in [7, 11) is 0. The Morgan fingerprint density at radius 3 is 2.32 bits per heavy atom. The van der Waals surface area contributed by atoms with E-state index in [1.165, 1.54) is 0 Å². The number of carbonyl (C=O) groups is 1. The van der Waals surface area contributed by atoms with Gasteiger partial charge >= 0.3 is 0 Å². The van der Waals surface area contributed by atoms with Gasteiger partial charge in [0.15, 0.2) is 5.78 Å². The molecule has 116 valence electrons. The zero-order chi connectivity index (χ0) is 15.8. The molecule has 1 N–H and O–H groups in total. The van der Waals surface area contributed by atoms with Crippen LogP contribution < -0.4 is 4.74 Å². The summed E-state index contributed by atoms with van der Waals surface area (Å²) in [4.78, 5) is 12.3. The van der Waals surface area contributed by atoms with Gasteiger partial charge in [0, 0.05) is 11.1 Å². The number of unbranched alkanes of at least 4 members (excludes halogenated alkanes) is 1. The number of ether oxygens (including phenoxy) is 1. The molecule has 2 rings (SSSR count). The van der Waals surface area contributed by atoms with Gasteiger partial charge in [-0.1, -0.05) is 50.1 Å². The number of hydrogen-bond donors (Lipinski definition) is 1. The molecule has 0 aliphatic carbocycles. The number of aliphatic hydroxyl groups is 1. The van der Waals surface area contributed by atoms with E-state index >= 15 is 0 Å². The summed E-state index contributed by atoms with van der Waals surface area (Å²) < 4.78 is 5.54. The van der Waals surface area contributed by atoms with Crippen LogP contribution in [0.1, 0.15) is 42.1 Å². The highest BCUT2D eigenvalue weighted by Gasteiger charge is 2.09. The molecular weight excluding hydrogens is 276 g/mol. The van der Waals surface area contributed by atoms with E-state index in [0.717, 1.165) is 19.3 Å². The Kier molecular flexibility index (Phi) is 6.16. The molecule has 0 bridgehead atoms. The Labute approximate surface area is 131 Å². The fourth-order valence-electron chi connectivity index (χ4n) is 2.17. The van der Waals surface area contributed by atoms with Crippen LogP contribution >= 0.6 is 0 Å². The average Bonchev–Trinajstić information content (AvgIpc) is 2.58. The van der Waals surface area contributed by atoms with E-state index in [1.54, 1.807) is 36.4 Å². The first kappa shape index (κ1) is 16.2. The number of benzene rings is 2. The Balaban J connectivity index is 1.92. The first-order chi connectivity index (χ1) is 10.7. The van der Waals surface area contributed by atoms with Crippen molar-refractivity contribution < 1.29 is 14.6 Å². The molecule has 0 fully saturated rings. The van der Waals surface area contributed by atoms with Crippen molar-refractivity contribution in [1.82, 2.24) is 0 Å². The smallest absolute Gasteiger partial charge is 0.193 e. The van der Waals surface area contributed by atoms with Crippen molar-refractivity contribution in [2.75, 3.05) is 6.61 Å². The minimum atomic E-state index is -0.439. The molecule has 2 aromatic rings. The molecule has 0 amide bonds. The lowest BCUT2D eigenvalue weighted by Crippen LogP contribution is -2.17. The van der Waals surface area contributed by atoms with E-state index in [9.17, 15) is 9.90 Å².